The van der Waals surface area contributed by atoms with Crippen molar-refractivity contribution in [3.05, 3.63) is 49.9 Å². The zero-order valence-electron chi connectivity index (χ0n) is 9.84. The molecule has 1 heterocycles. The minimum atomic E-state index is -0.903. The van der Waals surface area contributed by atoms with Gasteiger partial charge < -0.3 is 5.32 Å². The summed E-state index contributed by atoms with van der Waals surface area (Å²) in [5, 5.41) is 4.96. The number of benzene rings is 1. The van der Waals surface area contributed by atoms with Crippen LogP contribution in [0, 0.1) is 18.6 Å². The number of halogens is 3. The Labute approximate surface area is 120 Å². The van der Waals surface area contributed by atoms with Crippen LogP contribution in [0.1, 0.15) is 21.1 Å². The Morgan fingerprint density at radius 2 is 2.05 bits per heavy atom. The van der Waals surface area contributed by atoms with Gasteiger partial charge in [-0.1, -0.05) is 15.9 Å². The second kappa shape index (κ2) is 5.75. The van der Waals surface area contributed by atoms with Gasteiger partial charge in [-0.25, -0.2) is 13.8 Å². The predicted molar refractivity (Wildman–Crippen MR) is 72.1 cm³/mol. The summed E-state index contributed by atoms with van der Waals surface area (Å²) >= 11 is 4.33. The van der Waals surface area contributed by atoms with Crippen LogP contribution in [0.5, 0.6) is 0 Å². The molecule has 0 aliphatic carbocycles. The van der Waals surface area contributed by atoms with E-state index >= 15 is 0 Å². The highest BCUT2D eigenvalue weighted by atomic mass is 79.9. The molecule has 1 amide bonds. The van der Waals surface area contributed by atoms with Crippen LogP contribution in [0.3, 0.4) is 0 Å². The summed E-state index contributed by atoms with van der Waals surface area (Å²) in [6.07, 6.45) is 0. The topological polar surface area (TPSA) is 42.0 Å². The standard InChI is InChI=1S/C12H9BrF2N2OS/c1-6-5-19-10(17-6)4-16-12(18)11-8(14)2-7(13)3-9(11)15/h2-3,5H,4H2,1H3,(H,16,18). The smallest absolute Gasteiger partial charge is 0.257 e. The normalized spacial score (nSPS) is 10.5. The summed E-state index contributed by atoms with van der Waals surface area (Å²) in [7, 11) is 0. The fourth-order valence-electron chi connectivity index (χ4n) is 1.49. The van der Waals surface area contributed by atoms with Gasteiger partial charge in [-0.3, -0.25) is 4.79 Å². The van der Waals surface area contributed by atoms with Gasteiger partial charge in [0.2, 0.25) is 0 Å². The van der Waals surface area contributed by atoms with Crippen LogP contribution in [0.2, 0.25) is 0 Å². The Morgan fingerprint density at radius 3 is 2.58 bits per heavy atom. The van der Waals surface area contributed by atoms with E-state index < -0.39 is 23.1 Å². The number of aromatic nitrogens is 1. The van der Waals surface area contributed by atoms with Crippen molar-refractivity contribution in [1.82, 2.24) is 10.3 Å². The first-order valence-corrected chi connectivity index (χ1v) is 6.98. The maximum Gasteiger partial charge on any atom is 0.257 e. The predicted octanol–water partition coefficient (Wildman–Crippen LogP) is 3.42. The molecule has 0 unspecified atom stereocenters. The van der Waals surface area contributed by atoms with Crippen LogP contribution in [0.25, 0.3) is 0 Å². The molecule has 0 radical (unpaired) electrons. The summed E-state index contributed by atoms with van der Waals surface area (Å²) in [5.74, 6) is -2.60. The zero-order chi connectivity index (χ0) is 14.0. The molecule has 0 fully saturated rings. The molecule has 0 spiro atoms. The number of carbonyl (C=O) groups excluding carboxylic acids is 1. The van der Waals surface area contributed by atoms with E-state index in [2.05, 4.69) is 26.2 Å². The van der Waals surface area contributed by atoms with Crippen molar-refractivity contribution in [2.45, 2.75) is 13.5 Å². The molecule has 0 bridgehead atoms. The average Bonchev–Trinajstić information content (AvgIpc) is 2.71. The summed E-state index contributed by atoms with van der Waals surface area (Å²) in [6.45, 7) is 1.97. The number of rotatable bonds is 3. The highest BCUT2D eigenvalue weighted by Crippen LogP contribution is 2.19. The quantitative estimate of drug-likeness (QED) is 0.925. The maximum atomic E-state index is 13.5. The average molecular weight is 347 g/mol. The number of hydrogen-bond donors (Lipinski definition) is 1. The zero-order valence-corrected chi connectivity index (χ0v) is 12.2. The number of aryl methyl sites for hydroxylation is 1. The van der Waals surface area contributed by atoms with Crippen molar-refractivity contribution >= 4 is 33.2 Å². The van der Waals surface area contributed by atoms with Crippen molar-refractivity contribution in [3.63, 3.8) is 0 Å². The van der Waals surface area contributed by atoms with E-state index in [1.165, 1.54) is 11.3 Å². The SMILES string of the molecule is Cc1csc(CNC(=O)c2c(F)cc(Br)cc2F)n1. The number of thiazole rings is 1. The molecule has 2 rings (SSSR count). The lowest BCUT2D eigenvalue weighted by atomic mass is 10.2. The van der Waals surface area contributed by atoms with Crippen LogP contribution in [0.4, 0.5) is 8.78 Å². The summed E-state index contributed by atoms with van der Waals surface area (Å²) in [5.41, 5.74) is 0.256. The lowest BCUT2D eigenvalue weighted by Crippen LogP contribution is -2.25. The molecule has 0 aliphatic heterocycles. The molecule has 7 heteroatoms. The summed E-state index contributed by atoms with van der Waals surface area (Å²) < 4.78 is 27.3. The first kappa shape index (κ1) is 14.1. The van der Waals surface area contributed by atoms with Gasteiger partial charge >= 0.3 is 0 Å². The summed E-state index contributed by atoms with van der Waals surface area (Å²) in [6, 6.07) is 2.09. The molecule has 1 N–H and O–H groups in total. The molecule has 0 saturated carbocycles. The Bertz CT molecular complexity index is 607. The van der Waals surface area contributed by atoms with E-state index in [0.29, 0.717) is 5.01 Å². The fraction of sp³-hybridized carbons (Fsp3) is 0.167. The van der Waals surface area contributed by atoms with E-state index in [9.17, 15) is 13.6 Å². The van der Waals surface area contributed by atoms with E-state index in [1.54, 1.807) is 0 Å². The molecule has 1 aromatic carbocycles. The number of nitrogens with one attached hydrogen (secondary N) is 1. The number of carbonyl (C=O) groups is 1. The third kappa shape index (κ3) is 3.36. The van der Waals surface area contributed by atoms with Crippen molar-refractivity contribution in [2.75, 3.05) is 0 Å². The molecular formula is C12H9BrF2N2OS. The second-order valence-electron chi connectivity index (χ2n) is 3.81. The molecule has 3 nitrogen and oxygen atoms in total. The van der Waals surface area contributed by atoms with Crippen LogP contribution in [-0.4, -0.2) is 10.9 Å². The molecule has 100 valence electrons. The molecule has 2 aromatic rings. The Morgan fingerprint density at radius 1 is 1.42 bits per heavy atom. The molecule has 1 aromatic heterocycles. The Balaban J connectivity index is 2.12. The van der Waals surface area contributed by atoms with E-state index in [1.807, 2.05) is 12.3 Å². The number of nitrogens with zero attached hydrogens (tertiary/aromatic N) is 1. The monoisotopic (exact) mass is 346 g/mol. The van der Waals surface area contributed by atoms with Gasteiger partial charge in [-0.2, -0.15) is 0 Å². The van der Waals surface area contributed by atoms with E-state index in [0.717, 1.165) is 17.8 Å². The van der Waals surface area contributed by atoms with Crippen LogP contribution >= 0.6 is 27.3 Å². The maximum absolute atomic E-state index is 13.5. The van der Waals surface area contributed by atoms with Gasteiger partial charge in [0.05, 0.1) is 6.54 Å². The fourth-order valence-corrected chi connectivity index (χ4v) is 2.60. The third-order valence-corrected chi connectivity index (χ3v) is 3.73. The molecular weight excluding hydrogens is 338 g/mol. The second-order valence-corrected chi connectivity index (χ2v) is 5.67. The van der Waals surface area contributed by atoms with Crippen molar-refractivity contribution < 1.29 is 13.6 Å². The van der Waals surface area contributed by atoms with Gasteiger partial charge in [0.25, 0.3) is 5.91 Å². The van der Waals surface area contributed by atoms with Crippen LogP contribution in [0.15, 0.2) is 22.0 Å². The molecule has 0 saturated heterocycles. The Kier molecular flexibility index (Phi) is 4.26. The Hall–Kier alpha value is -1.34. The van der Waals surface area contributed by atoms with Gasteiger partial charge in [0.15, 0.2) is 0 Å². The highest BCUT2D eigenvalue weighted by Gasteiger charge is 2.18. The molecule has 0 aliphatic rings. The first-order chi connectivity index (χ1) is 8.97. The van der Waals surface area contributed by atoms with Crippen LogP contribution in [-0.2, 0) is 6.54 Å². The number of hydrogen-bond acceptors (Lipinski definition) is 3. The largest absolute Gasteiger partial charge is 0.345 e. The van der Waals surface area contributed by atoms with E-state index in [4.69, 9.17) is 0 Å². The van der Waals surface area contributed by atoms with Gasteiger partial charge in [0, 0.05) is 15.5 Å². The highest BCUT2D eigenvalue weighted by molar-refractivity contribution is 9.10. The third-order valence-electron chi connectivity index (χ3n) is 2.30. The summed E-state index contributed by atoms with van der Waals surface area (Å²) in [4.78, 5) is 15.9. The lowest BCUT2D eigenvalue weighted by molar-refractivity contribution is 0.0942. The van der Waals surface area contributed by atoms with Crippen LogP contribution < -0.4 is 5.32 Å². The minimum Gasteiger partial charge on any atom is -0.345 e. The first-order valence-electron chi connectivity index (χ1n) is 5.31. The van der Waals surface area contributed by atoms with E-state index in [-0.39, 0.29) is 11.0 Å². The molecule has 0 atom stereocenters. The van der Waals surface area contributed by atoms with Gasteiger partial charge in [-0.15, -0.1) is 11.3 Å². The van der Waals surface area contributed by atoms with Gasteiger partial charge in [-0.05, 0) is 19.1 Å². The van der Waals surface area contributed by atoms with Crippen molar-refractivity contribution in [3.8, 4) is 0 Å². The van der Waals surface area contributed by atoms with Crippen molar-refractivity contribution in [1.29, 1.82) is 0 Å². The lowest BCUT2D eigenvalue weighted by Gasteiger charge is -2.06. The minimum absolute atomic E-state index is 0.145. The van der Waals surface area contributed by atoms with Gasteiger partial charge in [0.1, 0.15) is 22.2 Å². The van der Waals surface area contributed by atoms with Crippen molar-refractivity contribution in [2.24, 2.45) is 0 Å². The number of amides is 1. The molecule has 19 heavy (non-hydrogen) atoms.